The predicted molar refractivity (Wildman–Crippen MR) is 73.0 cm³/mol. The third kappa shape index (κ3) is 2.49. The van der Waals surface area contributed by atoms with Crippen LogP contribution in [0.3, 0.4) is 0 Å². The molecule has 0 amide bonds. The van der Waals surface area contributed by atoms with Crippen molar-refractivity contribution in [3.8, 4) is 11.8 Å². The number of ether oxygens (including phenoxy) is 1. The van der Waals surface area contributed by atoms with Crippen LogP contribution in [0, 0.1) is 11.3 Å². The minimum Gasteiger partial charge on any atom is -0.496 e. The number of hydrogen-bond donors (Lipinski definition) is 0. The molecule has 1 aliphatic rings. The van der Waals surface area contributed by atoms with E-state index in [1.165, 1.54) is 0 Å². The number of nitriles is 1. The number of rotatable bonds is 4. The van der Waals surface area contributed by atoms with Crippen LogP contribution in [0.1, 0.15) is 44.1 Å². The van der Waals surface area contributed by atoms with Crippen LogP contribution in [-0.4, -0.2) is 12.9 Å². The third-order valence-corrected chi connectivity index (χ3v) is 4.08. The number of carbonyl (C=O) groups is 1. The molecule has 1 aromatic rings. The Kier molecular flexibility index (Phi) is 4.21. The summed E-state index contributed by atoms with van der Waals surface area (Å²) in [5.74, 6) is 1.02. The van der Waals surface area contributed by atoms with Gasteiger partial charge in [0.15, 0.2) is 0 Å². The maximum Gasteiger partial charge on any atom is 0.143 e. The first-order chi connectivity index (χ1) is 9.24. The maximum absolute atomic E-state index is 12.5. The van der Waals surface area contributed by atoms with Gasteiger partial charge in [-0.1, -0.05) is 24.6 Å². The highest BCUT2D eigenvalue weighted by Crippen LogP contribution is 2.44. The largest absolute Gasteiger partial charge is 0.496 e. The molecule has 0 aromatic heterocycles. The number of carbonyl (C=O) groups excluding carboxylic acids is 1. The fraction of sp³-hybridized carbons (Fsp3) is 0.500. The Labute approximate surface area is 114 Å². The fourth-order valence-electron chi connectivity index (χ4n) is 3.08. The van der Waals surface area contributed by atoms with Gasteiger partial charge in [-0.15, -0.1) is 0 Å². The third-order valence-electron chi connectivity index (χ3n) is 4.08. The average Bonchev–Trinajstić information content (AvgIpc) is 2.47. The first kappa shape index (κ1) is 13.6. The molecule has 0 saturated heterocycles. The molecule has 3 heteroatoms. The molecule has 0 radical (unpaired) electrons. The van der Waals surface area contributed by atoms with Crippen LogP contribution < -0.4 is 4.74 Å². The molecule has 2 rings (SSSR count). The van der Waals surface area contributed by atoms with Crippen molar-refractivity contribution in [1.29, 1.82) is 5.26 Å². The first-order valence-corrected chi connectivity index (χ1v) is 6.78. The normalized spacial score (nSPS) is 22.8. The van der Waals surface area contributed by atoms with Gasteiger partial charge in [-0.2, -0.15) is 5.26 Å². The van der Waals surface area contributed by atoms with Crippen LogP contribution in [0.2, 0.25) is 0 Å². The number of ketones is 1. The van der Waals surface area contributed by atoms with E-state index in [1.807, 2.05) is 24.3 Å². The van der Waals surface area contributed by atoms with Crippen molar-refractivity contribution >= 4 is 5.78 Å². The van der Waals surface area contributed by atoms with Crippen molar-refractivity contribution in [1.82, 2.24) is 0 Å². The molecule has 3 nitrogen and oxygen atoms in total. The Hall–Kier alpha value is -1.82. The van der Waals surface area contributed by atoms with Gasteiger partial charge in [0.05, 0.1) is 18.6 Å². The van der Waals surface area contributed by atoms with Gasteiger partial charge in [0.2, 0.25) is 0 Å². The maximum atomic E-state index is 12.5. The summed E-state index contributed by atoms with van der Waals surface area (Å²) in [4.78, 5) is 12.5. The first-order valence-electron chi connectivity index (χ1n) is 6.78. The molecule has 1 aromatic carbocycles. The van der Waals surface area contributed by atoms with Gasteiger partial charge in [0, 0.05) is 18.4 Å². The van der Waals surface area contributed by atoms with Crippen LogP contribution in [0.25, 0.3) is 0 Å². The summed E-state index contributed by atoms with van der Waals surface area (Å²) >= 11 is 0. The Bertz CT molecular complexity index is 504. The molecule has 1 fully saturated rings. The molecule has 0 bridgehead atoms. The van der Waals surface area contributed by atoms with Crippen molar-refractivity contribution in [2.24, 2.45) is 0 Å². The number of methoxy groups -OCH3 is 1. The minimum absolute atomic E-state index is 0.263. The lowest BCUT2D eigenvalue weighted by atomic mass is 9.65. The molecule has 0 aliphatic heterocycles. The van der Waals surface area contributed by atoms with E-state index in [-0.39, 0.29) is 5.78 Å². The summed E-state index contributed by atoms with van der Waals surface area (Å²) in [5, 5.41) is 8.88. The quantitative estimate of drug-likeness (QED) is 0.830. The lowest BCUT2D eigenvalue weighted by Gasteiger charge is -2.36. The topological polar surface area (TPSA) is 50.1 Å². The lowest BCUT2D eigenvalue weighted by molar-refractivity contribution is -0.126. The van der Waals surface area contributed by atoms with Gasteiger partial charge in [0.1, 0.15) is 11.5 Å². The summed E-state index contributed by atoms with van der Waals surface area (Å²) in [6.45, 7) is 0. The van der Waals surface area contributed by atoms with Gasteiger partial charge >= 0.3 is 0 Å². The fourth-order valence-corrected chi connectivity index (χ4v) is 3.08. The Morgan fingerprint density at radius 1 is 1.37 bits per heavy atom. The van der Waals surface area contributed by atoms with Crippen molar-refractivity contribution < 1.29 is 9.53 Å². The monoisotopic (exact) mass is 257 g/mol. The zero-order valence-corrected chi connectivity index (χ0v) is 11.3. The van der Waals surface area contributed by atoms with Gasteiger partial charge in [-0.3, -0.25) is 4.79 Å². The number of hydrogen-bond acceptors (Lipinski definition) is 3. The van der Waals surface area contributed by atoms with Gasteiger partial charge in [-0.25, -0.2) is 0 Å². The highest BCUT2D eigenvalue weighted by atomic mass is 16.5. The molecule has 0 unspecified atom stereocenters. The summed E-state index contributed by atoms with van der Waals surface area (Å²) < 4.78 is 5.42. The molecule has 1 aliphatic carbocycles. The van der Waals surface area contributed by atoms with Gasteiger partial charge in [0.25, 0.3) is 0 Å². The SMILES string of the molecule is COc1ccccc1[C@]1(CCC#N)CCCCC1=O. The van der Waals surface area contributed by atoms with Crippen LogP contribution in [0.4, 0.5) is 0 Å². The highest BCUT2D eigenvalue weighted by molar-refractivity contribution is 5.91. The summed E-state index contributed by atoms with van der Waals surface area (Å²) in [7, 11) is 1.63. The van der Waals surface area contributed by atoms with Gasteiger partial charge in [-0.05, 0) is 25.3 Å². The number of Topliss-reactive ketones (excluding diaryl/α,β-unsaturated/α-hetero) is 1. The number of para-hydroxylation sites is 1. The molecule has 0 spiro atoms. The second kappa shape index (κ2) is 5.88. The Balaban J connectivity index is 2.47. The summed E-state index contributed by atoms with van der Waals surface area (Å²) in [6, 6.07) is 9.89. The standard InChI is InChI=1S/C16H19NO2/c1-19-14-8-3-2-7-13(14)16(11-6-12-17)10-5-4-9-15(16)18/h2-3,7-8H,4-6,9-11H2,1H3/t16-/m1/s1. The molecule has 100 valence electrons. The van der Waals surface area contributed by atoms with E-state index in [4.69, 9.17) is 10.00 Å². The van der Waals surface area contributed by atoms with Crippen molar-refractivity contribution in [2.75, 3.05) is 7.11 Å². The molecule has 0 heterocycles. The summed E-state index contributed by atoms with van der Waals surface area (Å²) in [6.07, 6.45) is 4.45. The van der Waals surface area contributed by atoms with Crippen molar-refractivity contribution in [3.63, 3.8) is 0 Å². The molecular formula is C16H19NO2. The van der Waals surface area contributed by atoms with E-state index in [0.717, 1.165) is 30.6 Å². The Morgan fingerprint density at radius 3 is 2.84 bits per heavy atom. The second-order valence-corrected chi connectivity index (χ2v) is 5.07. The molecule has 0 N–H and O–H groups in total. The van der Waals surface area contributed by atoms with Crippen LogP contribution in [0.5, 0.6) is 5.75 Å². The number of nitrogens with zero attached hydrogens (tertiary/aromatic N) is 1. The second-order valence-electron chi connectivity index (χ2n) is 5.07. The minimum atomic E-state index is -0.513. The summed E-state index contributed by atoms with van der Waals surface area (Å²) in [5.41, 5.74) is 0.443. The van der Waals surface area contributed by atoms with E-state index in [0.29, 0.717) is 19.3 Å². The van der Waals surface area contributed by atoms with Crippen molar-refractivity contribution in [3.05, 3.63) is 29.8 Å². The van der Waals surface area contributed by atoms with Crippen LogP contribution in [-0.2, 0) is 10.2 Å². The van der Waals surface area contributed by atoms with E-state index in [1.54, 1.807) is 7.11 Å². The molecule has 1 saturated carbocycles. The van der Waals surface area contributed by atoms with E-state index >= 15 is 0 Å². The van der Waals surface area contributed by atoms with E-state index in [2.05, 4.69) is 6.07 Å². The van der Waals surface area contributed by atoms with Crippen LogP contribution >= 0.6 is 0 Å². The van der Waals surface area contributed by atoms with Crippen molar-refractivity contribution in [2.45, 2.75) is 43.9 Å². The zero-order chi connectivity index (χ0) is 13.7. The van der Waals surface area contributed by atoms with Crippen LogP contribution in [0.15, 0.2) is 24.3 Å². The number of benzene rings is 1. The highest BCUT2D eigenvalue weighted by Gasteiger charge is 2.42. The molecule has 1 atom stereocenters. The van der Waals surface area contributed by atoms with Gasteiger partial charge < -0.3 is 4.74 Å². The molecule has 19 heavy (non-hydrogen) atoms. The average molecular weight is 257 g/mol. The predicted octanol–water partition coefficient (Wildman–Crippen LogP) is 3.38. The molecular weight excluding hydrogens is 238 g/mol. The van der Waals surface area contributed by atoms with E-state index in [9.17, 15) is 4.79 Å². The Morgan fingerprint density at radius 2 is 2.16 bits per heavy atom. The zero-order valence-electron chi connectivity index (χ0n) is 11.3. The smallest absolute Gasteiger partial charge is 0.143 e. The van der Waals surface area contributed by atoms with E-state index < -0.39 is 5.41 Å². The lowest BCUT2D eigenvalue weighted by Crippen LogP contribution is -2.39.